The number of ether oxygens (including phenoxy) is 2. The second kappa shape index (κ2) is 10.5. The van der Waals surface area contributed by atoms with E-state index in [4.69, 9.17) is 9.47 Å². The van der Waals surface area contributed by atoms with Crippen LogP contribution < -0.4 is 4.74 Å². The minimum atomic E-state index is -0.388. The first-order valence-electron chi connectivity index (χ1n) is 11.2. The molecule has 0 saturated carbocycles. The Bertz CT molecular complexity index is 879. The van der Waals surface area contributed by atoms with E-state index in [-0.39, 0.29) is 11.4 Å². The molecule has 3 nitrogen and oxygen atoms in total. The van der Waals surface area contributed by atoms with Crippen molar-refractivity contribution >= 4 is 17.6 Å². The van der Waals surface area contributed by atoms with Gasteiger partial charge in [0, 0.05) is 5.56 Å². The quantitative estimate of drug-likeness (QED) is 0.325. The van der Waals surface area contributed by atoms with Crippen LogP contribution >= 0.6 is 0 Å². The molecule has 0 fully saturated rings. The molecule has 0 aromatic heterocycles. The third-order valence-corrected chi connectivity index (χ3v) is 6.00. The summed E-state index contributed by atoms with van der Waals surface area (Å²) >= 11 is 0. The van der Waals surface area contributed by atoms with Crippen molar-refractivity contribution in [3.05, 3.63) is 65.2 Å². The maximum absolute atomic E-state index is 12.0. The van der Waals surface area contributed by atoms with Gasteiger partial charge in [-0.2, -0.15) is 0 Å². The predicted octanol–water partition coefficient (Wildman–Crippen LogP) is 6.70. The smallest absolute Gasteiger partial charge is 0.311 e. The molecule has 1 aliphatic rings. The SMILES string of the molecule is CCC(C)(C)C(=O)OCCCCCOc1ccccc1C1=Cc2ccccc2CC1. The van der Waals surface area contributed by atoms with Crippen molar-refractivity contribution in [1.82, 2.24) is 0 Å². The Hall–Kier alpha value is -2.55. The normalized spacial score (nSPS) is 13.4. The summed E-state index contributed by atoms with van der Waals surface area (Å²) in [6, 6.07) is 16.9. The van der Waals surface area contributed by atoms with Gasteiger partial charge in [-0.3, -0.25) is 4.79 Å². The molecule has 1 aliphatic carbocycles. The Morgan fingerprint density at radius 1 is 0.933 bits per heavy atom. The van der Waals surface area contributed by atoms with Crippen molar-refractivity contribution in [2.24, 2.45) is 5.41 Å². The van der Waals surface area contributed by atoms with Crippen LogP contribution in [0.25, 0.3) is 11.6 Å². The average Bonchev–Trinajstić information content (AvgIpc) is 2.78. The number of allylic oxidation sites excluding steroid dienone is 1. The number of hydrogen-bond acceptors (Lipinski definition) is 3. The Morgan fingerprint density at radius 2 is 1.67 bits per heavy atom. The average molecular weight is 407 g/mol. The summed E-state index contributed by atoms with van der Waals surface area (Å²) in [5.74, 6) is 0.858. The van der Waals surface area contributed by atoms with Crippen LogP contribution in [0.5, 0.6) is 5.75 Å². The molecule has 0 spiro atoms. The lowest BCUT2D eigenvalue weighted by Gasteiger charge is -2.20. The number of para-hydroxylation sites is 1. The molecule has 0 saturated heterocycles. The summed E-state index contributed by atoms with van der Waals surface area (Å²) in [5, 5.41) is 0. The first kappa shape index (κ1) is 22.1. The van der Waals surface area contributed by atoms with Gasteiger partial charge in [-0.05, 0) is 75.1 Å². The summed E-state index contributed by atoms with van der Waals surface area (Å²) < 4.78 is 11.5. The molecular formula is C27H34O3. The summed E-state index contributed by atoms with van der Waals surface area (Å²) in [5.41, 5.74) is 4.88. The molecule has 160 valence electrons. The van der Waals surface area contributed by atoms with Crippen LogP contribution in [0.2, 0.25) is 0 Å². The highest BCUT2D eigenvalue weighted by Crippen LogP contribution is 2.35. The van der Waals surface area contributed by atoms with E-state index in [9.17, 15) is 4.79 Å². The van der Waals surface area contributed by atoms with Gasteiger partial charge in [-0.15, -0.1) is 0 Å². The fraction of sp³-hybridized carbons (Fsp3) is 0.444. The summed E-state index contributed by atoms with van der Waals surface area (Å²) in [6.45, 7) is 7.04. The summed E-state index contributed by atoms with van der Waals surface area (Å²) in [6.07, 6.45) is 8.01. The zero-order valence-corrected chi connectivity index (χ0v) is 18.6. The monoisotopic (exact) mass is 406 g/mol. The van der Waals surface area contributed by atoms with E-state index in [1.165, 1.54) is 22.3 Å². The number of carbonyl (C=O) groups is 1. The highest BCUT2D eigenvalue weighted by molar-refractivity contribution is 5.86. The van der Waals surface area contributed by atoms with Gasteiger partial charge in [-0.1, -0.05) is 55.5 Å². The molecule has 0 bridgehead atoms. The molecule has 3 heteroatoms. The molecule has 2 aromatic carbocycles. The standard InChI is InChI=1S/C27H34O3/c1-4-27(2,3)26(28)30-19-11-5-10-18-29-25-15-9-8-14-24(25)23-17-16-21-12-6-7-13-22(21)20-23/h6-9,12-15,20H,4-5,10-11,16-19H2,1-3H3. The van der Waals surface area contributed by atoms with Crippen LogP contribution in [0, 0.1) is 5.41 Å². The Balaban J connectivity index is 1.47. The van der Waals surface area contributed by atoms with Gasteiger partial charge in [0.1, 0.15) is 5.75 Å². The van der Waals surface area contributed by atoms with Crippen molar-refractivity contribution in [3.63, 3.8) is 0 Å². The number of hydrogen-bond donors (Lipinski definition) is 0. The molecule has 0 N–H and O–H groups in total. The van der Waals surface area contributed by atoms with Gasteiger partial charge in [0.15, 0.2) is 0 Å². The second-order valence-electron chi connectivity index (χ2n) is 8.65. The Morgan fingerprint density at radius 3 is 2.50 bits per heavy atom. The van der Waals surface area contributed by atoms with Crippen molar-refractivity contribution < 1.29 is 14.3 Å². The lowest BCUT2D eigenvalue weighted by molar-refractivity contribution is -0.154. The maximum atomic E-state index is 12.0. The van der Waals surface area contributed by atoms with Crippen LogP contribution in [0.4, 0.5) is 0 Å². The summed E-state index contributed by atoms with van der Waals surface area (Å²) in [7, 11) is 0. The van der Waals surface area contributed by atoms with E-state index in [0.717, 1.165) is 44.3 Å². The molecule has 0 amide bonds. The largest absolute Gasteiger partial charge is 0.493 e. The fourth-order valence-electron chi connectivity index (χ4n) is 3.57. The molecule has 0 heterocycles. The van der Waals surface area contributed by atoms with Crippen molar-refractivity contribution in [3.8, 4) is 5.75 Å². The van der Waals surface area contributed by atoms with E-state index in [1.54, 1.807) is 0 Å². The topological polar surface area (TPSA) is 35.5 Å². The van der Waals surface area contributed by atoms with Crippen molar-refractivity contribution in [1.29, 1.82) is 0 Å². The van der Waals surface area contributed by atoms with E-state index < -0.39 is 0 Å². The highest BCUT2D eigenvalue weighted by atomic mass is 16.5. The first-order chi connectivity index (χ1) is 14.5. The molecule has 0 radical (unpaired) electrons. The number of rotatable bonds is 10. The van der Waals surface area contributed by atoms with Crippen LogP contribution in [0.3, 0.4) is 0 Å². The van der Waals surface area contributed by atoms with Gasteiger partial charge in [-0.25, -0.2) is 0 Å². The van der Waals surface area contributed by atoms with Gasteiger partial charge < -0.3 is 9.47 Å². The molecule has 30 heavy (non-hydrogen) atoms. The lowest BCUT2D eigenvalue weighted by Crippen LogP contribution is -2.26. The number of carbonyl (C=O) groups excluding carboxylic acids is 1. The Kier molecular flexibility index (Phi) is 7.73. The van der Waals surface area contributed by atoms with Gasteiger partial charge in [0.25, 0.3) is 0 Å². The number of aryl methyl sites for hydroxylation is 1. The molecule has 3 rings (SSSR count). The zero-order valence-electron chi connectivity index (χ0n) is 18.6. The van der Waals surface area contributed by atoms with Crippen LogP contribution in [0.1, 0.15) is 69.6 Å². The first-order valence-corrected chi connectivity index (χ1v) is 11.2. The zero-order chi connectivity index (χ0) is 21.4. The fourth-order valence-corrected chi connectivity index (χ4v) is 3.57. The third-order valence-electron chi connectivity index (χ3n) is 6.00. The number of esters is 1. The molecule has 0 unspecified atom stereocenters. The third kappa shape index (κ3) is 5.75. The molecule has 0 atom stereocenters. The second-order valence-corrected chi connectivity index (χ2v) is 8.65. The lowest BCUT2D eigenvalue weighted by atomic mass is 9.88. The minimum Gasteiger partial charge on any atom is -0.493 e. The van der Waals surface area contributed by atoms with E-state index in [0.29, 0.717) is 13.2 Å². The van der Waals surface area contributed by atoms with E-state index in [2.05, 4.69) is 48.5 Å². The number of unbranched alkanes of at least 4 members (excludes halogenated alkanes) is 2. The molecular weight excluding hydrogens is 372 g/mol. The number of fused-ring (bicyclic) bond motifs is 1. The Labute approximate surface area is 181 Å². The van der Waals surface area contributed by atoms with Crippen LogP contribution in [-0.2, 0) is 16.0 Å². The van der Waals surface area contributed by atoms with Gasteiger partial charge in [0.2, 0.25) is 0 Å². The maximum Gasteiger partial charge on any atom is 0.311 e. The molecule has 0 aliphatic heterocycles. The minimum absolute atomic E-state index is 0.0995. The predicted molar refractivity (Wildman–Crippen MR) is 123 cm³/mol. The van der Waals surface area contributed by atoms with E-state index >= 15 is 0 Å². The summed E-state index contributed by atoms with van der Waals surface area (Å²) in [4.78, 5) is 12.0. The van der Waals surface area contributed by atoms with Gasteiger partial charge >= 0.3 is 5.97 Å². The van der Waals surface area contributed by atoms with Gasteiger partial charge in [0.05, 0.1) is 18.6 Å². The molecule has 2 aromatic rings. The van der Waals surface area contributed by atoms with Crippen LogP contribution in [-0.4, -0.2) is 19.2 Å². The van der Waals surface area contributed by atoms with Crippen molar-refractivity contribution in [2.75, 3.05) is 13.2 Å². The van der Waals surface area contributed by atoms with Crippen LogP contribution in [0.15, 0.2) is 48.5 Å². The highest BCUT2D eigenvalue weighted by Gasteiger charge is 2.26. The van der Waals surface area contributed by atoms with E-state index in [1.807, 2.05) is 26.8 Å². The van der Waals surface area contributed by atoms with Crippen molar-refractivity contribution in [2.45, 2.75) is 59.3 Å². The number of benzene rings is 2.